The summed E-state index contributed by atoms with van der Waals surface area (Å²) in [5, 5.41) is 2.44. The van der Waals surface area contributed by atoms with Crippen molar-refractivity contribution < 1.29 is 23.9 Å². The van der Waals surface area contributed by atoms with Crippen molar-refractivity contribution in [2.75, 3.05) is 11.5 Å². The highest BCUT2D eigenvalue weighted by Gasteiger charge is 2.61. The van der Waals surface area contributed by atoms with Crippen LogP contribution in [0.15, 0.2) is 66.0 Å². The highest BCUT2D eigenvalue weighted by atomic mass is 32.1. The number of hydrogen-bond donors (Lipinski definition) is 0. The van der Waals surface area contributed by atoms with Gasteiger partial charge in [-0.3, -0.25) is 19.3 Å². The monoisotopic (exact) mass is 550 g/mol. The summed E-state index contributed by atoms with van der Waals surface area (Å²) < 4.78 is 5.43. The second-order valence-corrected chi connectivity index (χ2v) is 11.9. The lowest BCUT2D eigenvalue weighted by molar-refractivity contribution is -0.123. The first-order valence-electron chi connectivity index (χ1n) is 13.5. The molecule has 3 heterocycles. The molecule has 2 aliphatic carbocycles. The average Bonchev–Trinajstić information content (AvgIpc) is 3.77. The fourth-order valence-electron chi connectivity index (χ4n) is 6.82. The minimum Gasteiger partial charge on any atom is -0.454 e. The Hall–Kier alpha value is -4.17. The molecule has 3 fully saturated rings. The maximum Gasteiger partial charge on any atom is 0.339 e. The number of nitrogens with zero attached hydrogens (tertiary/aromatic N) is 2. The van der Waals surface area contributed by atoms with E-state index in [0.717, 1.165) is 30.4 Å². The highest BCUT2D eigenvalue weighted by Crippen LogP contribution is 2.56. The van der Waals surface area contributed by atoms with E-state index >= 15 is 0 Å². The molecule has 0 radical (unpaired) electrons. The van der Waals surface area contributed by atoms with Crippen molar-refractivity contribution in [2.24, 2.45) is 23.7 Å². The standard InChI is InChI=1S/C32H26N2O5S/c1-17-4-11-24-22(13-17)23(32(38)39-16-26(35)27-3-2-12-40-27)15-25(33-24)18-7-9-21(10-8-18)34-30(36)28-19-5-6-20(14-19)29(28)31(34)37/h2-4,7-13,15,19-20,28-29H,5-6,14,16H2,1H3. The number of pyridine rings is 1. The highest BCUT2D eigenvalue weighted by molar-refractivity contribution is 7.12. The van der Waals surface area contributed by atoms with E-state index in [4.69, 9.17) is 9.72 Å². The van der Waals surface area contributed by atoms with Gasteiger partial charge in [0.2, 0.25) is 17.6 Å². The van der Waals surface area contributed by atoms with Gasteiger partial charge in [0.15, 0.2) is 6.61 Å². The number of benzene rings is 2. The number of aryl methyl sites for hydroxylation is 1. The molecular formula is C32H26N2O5S. The molecule has 4 aromatic rings. The van der Waals surface area contributed by atoms with E-state index in [1.54, 1.807) is 35.7 Å². The van der Waals surface area contributed by atoms with Gasteiger partial charge in [-0.1, -0.05) is 29.8 Å². The Balaban J connectivity index is 1.18. The molecule has 4 unspecified atom stereocenters. The summed E-state index contributed by atoms with van der Waals surface area (Å²) >= 11 is 1.30. The van der Waals surface area contributed by atoms with Crippen LogP contribution in [0.1, 0.15) is 44.9 Å². The second kappa shape index (κ2) is 9.48. The number of thiophene rings is 1. The van der Waals surface area contributed by atoms with Gasteiger partial charge in [-0.05, 0) is 79.8 Å². The number of carbonyl (C=O) groups is 4. The van der Waals surface area contributed by atoms with Crippen molar-refractivity contribution in [3.63, 3.8) is 0 Å². The molecule has 4 atom stereocenters. The van der Waals surface area contributed by atoms with Crippen LogP contribution in [-0.2, 0) is 14.3 Å². The molecule has 2 amide bonds. The molecule has 0 N–H and O–H groups in total. The third-order valence-corrected chi connectivity index (χ3v) is 9.57. The molecule has 8 heteroatoms. The zero-order valence-corrected chi connectivity index (χ0v) is 22.6. The lowest BCUT2D eigenvalue weighted by Crippen LogP contribution is -2.32. The zero-order valence-electron chi connectivity index (χ0n) is 21.8. The predicted octanol–water partition coefficient (Wildman–Crippen LogP) is 5.85. The van der Waals surface area contributed by atoms with Gasteiger partial charge in [-0.2, -0.15) is 0 Å². The number of hydrogen-bond acceptors (Lipinski definition) is 7. The maximum atomic E-state index is 13.2. The van der Waals surface area contributed by atoms with Crippen molar-refractivity contribution in [3.8, 4) is 11.3 Å². The molecule has 2 aromatic heterocycles. The lowest BCUT2D eigenvalue weighted by Gasteiger charge is -2.19. The molecule has 7 nitrogen and oxygen atoms in total. The Kier molecular flexibility index (Phi) is 5.89. The van der Waals surface area contributed by atoms with Crippen LogP contribution in [0.5, 0.6) is 0 Å². The summed E-state index contributed by atoms with van der Waals surface area (Å²) in [5.74, 6) is -0.673. The second-order valence-electron chi connectivity index (χ2n) is 11.0. The van der Waals surface area contributed by atoms with Gasteiger partial charge < -0.3 is 4.74 Å². The fraction of sp³-hybridized carbons (Fsp3) is 0.281. The van der Waals surface area contributed by atoms with Crippen molar-refractivity contribution in [3.05, 3.63) is 82.0 Å². The number of imide groups is 1. The SMILES string of the molecule is Cc1ccc2nc(-c3ccc(N4C(=O)C5C6CCC(C6)C5C4=O)cc3)cc(C(=O)OCC(=O)c3cccs3)c2c1. The number of carbonyl (C=O) groups excluding carboxylic acids is 4. The van der Waals surface area contributed by atoms with Crippen molar-refractivity contribution in [2.45, 2.75) is 26.2 Å². The first kappa shape index (κ1) is 24.8. The van der Waals surface area contributed by atoms with E-state index in [1.165, 1.54) is 16.2 Å². The van der Waals surface area contributed by atoms with Gasteiger partial charge >= 0.3 is 5.97 Å². The van der Waals surface area contributed by atoms with Gasteiger partial charge in [0.1, 0.15) is 0 Å². The summed E-state index contributed by atoms with van der Waals surface area (Å²) in [6, 6.07) is 18.0. The quantitative estimate of drug-likeness (QED) is 0.170. The van der Waals surface area contributed by atoms with E-state index in [9.17, 15) is 19.2 Å². The van der Waals surface area contributed by atoms with E-state index in [0.29, 0.717) is 44.6 Å². The molecule has 200 valence electrons. The van der Waals surface area contributed by atoms with Crippen LogP contribution >= 0.6 is 11.3 Å². The number of rotatable bonds is 6. The minimum absolute atomic E-state index is 0.0729. The minimum atomic E-state index is -0.602. The van der Waals surface area contributed by atoms with Crippen LogP contribution in [0.2, 0.25) is 0 Å². The summed E-state index contributed by atoms with van der Waals surface area (Å²) in [7, 11) is 0. The van der Waals surface area contributed by atoms with Crippen molar-refractivity contribution >= 4 is 51.5 Å². The van der Waals surface area contributed by atoms with Crippen LogP contribution in [0.4, 0.5) is 5.69 Å². The molecule has 0 spiro atoms. The van der Waals surface area contributed by atoms with Crippen LogP contribution < -0.4 is 4.90 Å². The number of fused-ring (bicyclic) bond motifs is 6. The Morgan fingerprint density at radius 2 is 1.70 bits per heavy atom. The van der Waals surface area contributed by atoms with Gasteiger partial charge in [-0.25, -0.2) is 9.78 Å². The Bertz CT molecular complexity index is 1670. The Morgan fingerprint density at radius 1 is 0.975 bits per heavy atom. The lowest BCUT2D eigenvalue weighted by atomic mass is 9.81. The number of ketones is 1. The summed E-state index contributed by atoms with van der Waals surface area (Å²) in [6.07, 6.45) is 3.08. The molecular weight excluding hydrogens is 524 g/mol. The van der Waals surface area contributed by atoms with Gasteiger partial charge in [0, 0.05) is 10.9 Å². The van der Waals surface area contributed by atoms with Crippen LogP contribution in [0.3, 0.4) is 0 Å². The smallest absolute Gasteiger partial charge is 0.339 e. The molecule has 40 heavy (non-hydrogen) atoms. The first-order valence-corrected chi connectivity index (χ1v) is 14.4. The molecule has 2 saturated carbocycles. The van der Waals surface area contributed by atoms with Crippen molar-refractivity contribution in [1.82, 2.24) is 4.98 Å². The molecule has 1 aliphatic heterocycles. The number of amides is 2. The van der Waals surface area contributed by atoms with E-state index in [2.05, 4.69) is 0 Å². The largest absolute Gasteiger partial charge is 0.454 e. The van der Waals surface area contributed by atoms with Crippen LogP contribution in [-0.4, -0.2) is 35.2 Å². The number of ether oxygens (including phenoxy) is 1. The third-order valence-electron chi connectivity index (χ3n) is 8.66. The zero-order chi connectivity index (χ0) is 27.5. The number of esters is 1. The topological polar surface area (TPSA) is 93.6 Å². The number of Topliss-reactive ketones (excluding diaryl/α,β-unsaturated/α-hetero) is 1. The number of aromatic nitrogens is 1. The molecule has 2 bridgehead atoms. The van der Waals surface area contributed by atoms with E-state index in [1.807, 2.05) is 37.3 Å². The van der Waals surface area contributed by atoms with Gasteiger partial charge in [0.05, 0.1) is 39.2 Å². The molecule has 3 aliphatic rings. The van der Waals surface area contributed by atoms with Gasteiger partial charge in [-0.15, -0.1) is 11.3 Å². The van der Waals surface area contributed by atoms with Crippen molar-refractivity contribution in [1.29, 1.82) is 0 Å². The average molecular weight is 551 g/mol. The normalized spacial score (nSPS) is 23.2. The van der Waals surface area contributed by atoms with Crippen LogP contribution in [0, 0.1) is 30.6 Å². The Labute approximate surface area is 234 Å². The van der Waals surface area contributed by atoms with Crippen LogP contribution in [0.25, 0.3) is 22.2 Å². The van der Waals surface area contributed by atoms with E-state index in [-0.39, 0.29) is 36.0 Å². The molecule has 7 rings (SSSR count). The first-order chi connectivity index (χ1) is 19.4. The molecule has 2 aromatic carbocycles. The van der Waals surface area contributed by atoms with E-state index < -0.39 is 5.97 Å². The molecule has 1 saturated heterocycles. The summed E-state index contributed by atoms with van der Waals surface area (Å²) in [4.78, 5) is 58.8. The summed E-state index contributed by atoms with van der Waals surface area (Å²) in [6.45, 7) is 1.59. The third kappa shape index (κ3) is 3.97. The maximum absolute atomic E-state index is 13.2. The summed E-state index contributed by atoms with van der Waals surface area (Å²) in [5.41, 5.74) is 3.75. The number of anilines is 1. The van der Waals surface area contributed by atoms with Gasteiger partial charge in [0.25, 0.3) is 0 Å². The fourth-order valence-corrected chi connectivity index (χ4v) is 7.47. The Morgan fingerprint density at radius 3 is 2.38 bits per heavy atom. The predicted molar refractivity (Wildman–Crippen MR) is 151 cm³/mol.